The second kappa shape index (κ2) is 4.54. The van der Waals surface area contributed by atoms with Crippen LogP contribution in [-0.4, -0.2) is 12.1 Å². The molecule has 1 atom stereocenters. The molecule has 0 aliphatic heterocycles. The summed E-state index contributed by atoms with van der Waals surface area (Å²) in [6, 6.07) is 6.13. The summed E-state index contributed by atoms with van der Waals surface area (Å²) in [5, 5.41) is 8.80. The maximum absolute atomic E-state index is 8.80. The van der Waals surface area contributed by atoms with E-state index in [2.05, 4.69) is 12.1 Å². The third-order valence-electron chi connectivity index (χ3n) is 2.38. The molecule has 1 aromatic carbocycles. The van der Waals surface area contributed by atoms with Crippen LogP contribution in [0.15, 0.2) is 12.1 Å². The van der Waals surface area contributed by atoms with Crippen molar-refractivity contribution in [3.8, 4) is 11.8 Å². The van der Waals surface area contributed by atoms with Gasteiger partial charge in [-0.15, -0.1) is 0 Å². The Morgan fingerprint density at radius 3 is 2.25 bits per heavy atom. The fourth-order valence-corrected chi connectivity index (χ4v) is 1.65. The van der Waals surface area contributed by atoms with Gasteiger partial charge in [-0.2, -0.15) is 5.26 Å². The van der Waals surface area contributed by atoms with Crippen LogP contribution in [0.1, 0.15) is 23.6 Å². The summed E-state index contributed by atoms with van der Waals surface area (Å²) in [5.74, 6) is 0.831. The molecule has 0 saturated carbocycles. The number of nitrogens with zero attached hydrogens (tertiary/aromatic N) is 1. The standard InChI is InChI=1S/C13H18N2O/c1-9-5-10(2)12(11(3)6-9)16-8-13(4,15)7-14/h5-6H,8,15H2,1-4H3. The van der Waals surface area contributed by atoms with Crippen molar-refractivity contribution in [1.82, 2.24) is 0 Å². The van der Waals surface area contributed by atoms with E-state index in [-0.39, 0.29) is 6.61 Å². The van der Waals surface area contributed by atoms with Crippen LogP contribution in [0.4, 0.5) is 0 Å². The first-order valence-electron chi connectivity index (χ1n) is 5.26. The minimum absolute atomic E-state index is 0.203. The Labute approximate surface area is 96.8 Å². The fraction of sp³-hybridized carbons (Fsp3) is 0.462. The quantitative estimate of drug-likeness (QED) is 0.846. The molecule has 86 valence electrons. The van der Waals surface area contributed by atoms with E-state index in [9.17, 15) is 0 Å². The number of benzene rings is 1. The Hall–Kier alpha value is -1.53. The second-order valence-electron chi connectivity index (χ2n) is 4.55. The molecule has 0 aliphatic carbocycles. The molecule has 16 heavy (non-hydrogen) atoms. The van der Waals surface area contributed by atoms with Gasteiger partial charge in [-0.1, -0.05) is 17.7 Å². The van der Waals surface area contributed by atoms with Crippen LogP contribution in [-0.2, 0) is 0 Å². The number of ether oxygens (including phenoxy) is 1. The highest BCUT2D eigenvalue weighted by molar-refractivity contribution is 5.43. The number of hydrogen-bond acceptors (Lipinski definition) is 3. The maximum atomic E-state index is 8.80. The summed E-state index contributed by atoms with van der Waals surface area (Å²) in [5.41, 5.74) is 8.12. The Kier molecular flexibility index (Phi) is 3.56. The molecule has 0 bridgehead atoms. The van der Waals surface area contributed by atoms with E-state index >= 15 is 0 Å². The van der Waals surface area contributed by atoms with Gasteiger partial charge in [0.25, 0.3) is 0 Å². The lowest BCUT2D eigenvalue weighted by atomic mass is 10.1. The molecule has 0 aliphatic rings. The zero-order valence-electron chi connectivity index (χ0n) is 10.3. The lowest BCUT2D eigenvalue weighted by molar-refractivity contribution is 0.261. The van der Waals surface area contributed by atoms with Gasteiger partial charge in [0.05, 0.1) is 6.07 Å². The van der Waals surface area contributed by atoms with Gasteiger partial charge >= 0.3 is 0 Å². The normalized spacial score (nSPS) is 14.0. The van der Waals surface area contributed by atoms with Gasteiger partial charge in [0.2, 0.25) is 0 Å². The van der Waals surface area contributed by atoms with Crippen LogP contribution in [0.2, 0.25) is 0 Å². The molecule has 0 aromatic heterocycles. The first kappa shape index (κ1) is 12.5. The van der Waals surface area contributed by atoms with Crippen LogP contribution >= 0.6 is 0 Å². The van der Waals surface area contributed by atoms with Gasteiger partial charge < -0.3 is 10.5 Å². The molecule has 0 fully saturated rings. The minimum atomic E-state index is -0.941. The molecule has 0 spiro atoms. The highest BCUT2D eigenvalue weighted by Crippen LogP contribution is 2.25. The van der Waals surface area contributed by atoms with Crippen LogP contribution < -0.4 is 10.5 Å². The van der Waals surface area contributed by atoms with Crippen molar-refractivity contribution in [3.63, 3.8) is 0 Å². The van der Waals surface area contributed by atoms with E-state index in [0.29, 0.717) is 0 Å². The zero-order valence-corrected chi connectivity index (χ0v) is 10.3. The van der Waals surface area contributed by atoms with Gasteiger partial charge in [0.1, 0.15) is 17.9 Å². The number of aryl methyl sites for hydroxylation is 3. The SMILES string of the molecule is Cc1cc(C)c(OCC(C)(N)C#N)c(C)c1. The lowest BCUT2D eigenvalue weighted by Gasteiger charge is -2.19. The zero-order chi connectivity index (χ0) is 12.3. The van der Waals surface area contributed by atoms with Gasteiger partial charge in [0.15, 0.2) is 0 Å². The van der Waals surface area contributed by atoms with Gasteiger partial charge in [-0.05, 0) is 38.8 Å². The highest BCUT2D eigenvalue weighted by atomic mass is 16.5. The predicted octanol–water partition coefficient (Wildman–Crippen LogP) is 2.23. The fourth-order valence-electron chi connectivity index (χ4n) is 1.65. The number of nitriles is 1. The summed E-state index contributed by atoms with van der Waals surface area (Å²) >= 11 is 0. The van der Waals surface area contributed by atoms with Crippen molar-refractivity contribution in [2.24, 2.45) is 5.73 Å². The molecule has 0 heterocycles. The number of hydrogen-bond donors (Lipinski definition) is 1. The lowest BCUT2D eigenvalue weighted by Crippen LogP contribution is -2.40. The molecule has 0 radical (unpaired) electrons. The summed E-state index contributed by atoms with van der Waals surface area (Å²) in [6.45, 7) is 7.90. The molecule has 3 nitrogen and oxygen atoms in total. The Morgan fingerprint density at radius 1 is 1.31 bits per heavy atom. The monoisotopic (exact) mass is 218 g/mol. The van der Waals surface area contributed by atoms with Crippen LogP contribution in [0.5, 0.6) is 5.75 Å². The topological polar surface area (TPSA) is 59.0 Å². The van der Waals surface area contributed by atoms with Crippen molar-refractivity contribution in [2.45, 2.75) is 33.2 Å². The third kappa shape index (κ3) is 2.98. The van der Waals surface area contributed by atoms with Crippen LogP contribution in [0.3, 0.4) is 0 Å². The summed E-state index contributed by atoms with van der Waals surface area (Å²) < 4.78 is 5.63. The van der Waals surface area contributed by atoms with Gasteiger partial charge in [-0.3, -0.25) is 0 Å². The molecular weight excluding hydrogens is 200 g/mol. The van der Waals surface area contributed by atoms with E-state index in [1.54, 1.807) is 6.92 Å². The molecule has 1 aromatic rings. The molecule has 3 heteroatoms. The van der Waals surface area contributed by atoms with E-state index in [4.69, 9.17) is 15.7 Å². The summed E-state index contributed by atoms with van der Waals surface area (Å²) in [4.78, 5) is 0. The molecule has 0 amide bonds. The highest BCUT2D eigenvalue weighted by Gasteiger charge is 2.19. The summed E-state index contributed by atoms with van der Waals surface area (Å²) in [6.07, 6.45) is 0. The Balaban J connectivity index is 2.87. The first-order valence-corrected chi connectivity index (χ1v) is 5.26. The van der Waals surface area contributed by atoms with Crippen molar-refractivity contribution in [3.05, 3.63) is 28.8 Å². The molecule has 0 saturated heterocycles. The Bertz CT molecular complexity index is 407. The molecular formula is C13H18N2O. The van der Waals surface area contributed by atoms with E-state index in [1.807, 2.05) is 26.8 Å². The number of rotatable bonds is 3. The molecule has 1 unspecified atom stereocenters. The van der Waals surface area contributed by atoms with Gasteiger partial charge in [0, 0.05) is 0 Å². The van der Waals surface area contributed by atoms with Crippen molar-refractivity contribution >= 4 is 0 Å². The average molecular weight is 218 g/mol. The molecule has 1 rings (SSSR count). The van der Waals surface area contributed by atoms with E-state index < -0.39 is 5.54 Å². The molecule has 2 N–H and O–H groups in total. The van der Waals surface area contributed by atoms with Crippen LogP contribution in [0, 0.1) is 32.1 Å². The predicted molar refractivity (Wildman–Crippen MR) is 64.4 cm³/mol. The van der Waals surface area contributed by atoms with Crippen LogP contribution in [0.25, 0.3) is 0 Å². The van der Waals surface area contributed by atoms with Gasteiger partial charge in [-0.25, -0.2) is 0 Å². The van der Waals surface area contributed by atoms with Crippen molar-refractivity contribution < 1.29 is 4.74 Å². The first-order chi connectivity index (χ1) is 7.35. The Morgan fingerprint density at radius 2 is 1.81 bits per heavy atom. The average Bonchev–Trinajstić information content (AvgIpc) is 2.16. The maximum Gasteiger partial charge on any atom is 0.135 e. The largest absolute Gasteiger partial charge is 0.490 e. The number of nitrogens with two attached hydrogens (primary N) is 1. The van der Waals surface area contributed by atoms with Crippen molar-refractivity contribution in [2.75, 3.05) is 6.61 Å². The summed E-state index contributed by atoms with van der Waals surface area (Å²) in [7, 11) is 0. The van der Waals surface area contributed by atoms with E-state index in [1.165, 1.54) is 5.56 Å². The van der Waals surface area contributed by atoms with E-state index in [0.717, 1.165) is 16.9 Å². The minimum Gasteiger partial charge on any atom is -0.490 e. The van der Waals surface area contributed by atoms with Crippen molar-refractivity contribution in [1.29, 1.82) is 5.26 Å². The smallest absolute Gasteiger partial charge is 0.135 e. The second-order valence-corrected chi connectivity index (χ2v) is 4.55. The third-order valence-corrected chi connectivity index (χ3v) is 2.38.